The molecule has 0 saturated heterocycles. The molecule has 0 unspecified atom stereocenters. The number of nitrogens with zero attached hydrogens (tertiary/aromatic N) is 1. The summed E-state index contributed by atoms with van der Waals surface area (Å²) in [5, 5.41) is 12.9. The highest BCUT2D eigenvalue weighted by Gasteiger charge is 2.45. The van der Waals surface area contributed by atoms with Crippen LogP contribution in [0.5, 0.6) is 0 Å². The van der Waals surface area contributed by atoms with Crippen LogP contribution in [0, 0.1) is 6.92 Å². The predicted octanol–water partition coefficient (Wildman–Crippen LogP) is 1.81. The minimum absolute atomic E-state index is 0.133. The summed E-state index contributed by atoms with van der Waals surface area (Å²) in [5.41, 5.74) is 1.51. The van der Waals surface area contributed by atoms with Crippen LogP contribution in [0.1, 0.15) is 30.2 Å². The highest BCUT2D eigenvalue weighted by Crippen LogP contribution is 2.37. The highest BCUT2D eigenvalue weighted by molar-refractivity contribution is 5.21. The molecule has 17 heavy (non-hydrogen) atoms. The number of aromatic nitrogens is 1. The average molecular weight is 242 g/mol. The number of hydrogen-bond acceptors (Lipinski definition) is 3. The molecule has 0 aromatic carbocycles. The van der Waals surface area contributed by atoms with Crippen LogP contribution in [-0.2, 0) is 0 Å². The van der Waals surface area contributed by atoms with Gasteiger partial charge in [-0.25, -0.2) is 8.78 Å². The molecule has 0 radical (unpaired) electrons. The molecule has 3 nitrogen and oxygen atoms in total. The summed E-state index contributed by atoms with van der Waals surface area (Å²) in [4.78, 5) is 4.08. The van der Waals surface area contributed by atoms with E-state index in [2.05, 4.69) is 10.3 Å². The van der Waals surface area contributed by atoms with E-state index in [1.54, 1.807) is 18.3 Å². The van der Waals surface area contributed by atoms with Gasteiger partial charge in [-0.2, -0.15) is 0 Å². The van der Waals surface area contributed by atoms with Crippen molar-refractivity contribution in [1.82, 2.24) is 10.3 Å². The van der Waals surface area contributed by atoms with Crippen molar-refractivity contribution in [2.75, 3.05) is 6.54 Å². The Morgan fingerprint density at radius 1 is 1.59 bits per heavy atom. The molecule has 1 aliphatic carbocycles. The number of aryl methyl sites for hydroxylation is 1. The molecule has 1 atom stereocenters. The van der Waals surface area contributed by atoms with E-state index in [4.69, 9.17) is 0 Å². The Morgan fingerprint density at radius 2 is 2.29 bits per heavy atom. The molecule has 1 saturated carbocycles. The predicted molar refractivity (Wildman–Crippen MR) is 59.9 cm³/mol. The molecule has 1 aliphatic rings. The van der Waals surface area contributed by atoms with Crippen LogP contribution in [-0.4, -0.2) is 28.6 Å². The zero-order valence-electron chi connectivity index (χ0n) is 9.66. The molecule has 0 amide bonds. The number of hydrogen-bond donors (Lipinski definition) is 2. The Hall–Kier alpha value is -1.07. The first-order valence-electron chi connectivity index (χ1n) is 5.69. The number of aliphatic hydroxyl groups is 1. The molecule has 1 fully saturated rings. The van der Waals surface area contributed by atoms with Gasteiger partial charge in [0.2, 0.25) is 0 Å². The lowest BCUT2D eigenvalue weighted by molar-refractivity contribution is -0.0941. The van der Waals surface area contributed by atoms with Crippen LogP contribution in [0.4, 0.5) is 8.78 Å². The third-order valence-corrected chi connectivity index (χ3v) is 3.10. The number of pyridine rings is 1. The Balaban J connectivity index is 1.82. The molecule has 0 aliphatic heterocycles. The van der Waals surface area contributed by atoms with Gasteiger partial charge in [0.1, 0.15) is 0 Å². The molecular formula is C12H16F2N2O. The largest absolute Gasteiger partial charge is 0.387 e. The van der Waals surface area contributed by atoms with Gasteiger partial charge in [-0.15, -0.1) is 0 Å². The van der Waals surface area contributed by atoms with Gasteiger partial charge in [0.25, 0.3) is 5.92 Å². The zero-order chi connectivity index (χ0) is 12.5. The van der Waals surface area contributed by atoms with Gasteiger partial charge in [-0.3, -0.25) is 4.98 Å². The smallest absolute Gasteiger partial charge is 0.251 e. The topological polar surface area (TPSA) is 45.2 Å². The van der Waals surface area contributed by atoms with E-state index in [0.717, 1.165) is 11.3 Å². The maximum absolute atomic E-state index is 12.6. The number of aliphatic hydroxyl groups excluding tert-OH is 1. The lowest BCUT2D eigenvalue weighted by atomic mass is 9.88. The lowest BCUT2D eigenvalue weighted by Gasteiger charge is -2.36. The highest BCUT2D eigenvalue weighted by atomic mass is 19.3. The van der Waals surface area contributed by atoms with E-state index in [1.807, 2.05) is 6.92 Å². The monoisotopic (exact) mass is 242 g/mol. The van der Waals surface area contributed by atoms with Crippen molar-refractivity contribution in [3.05, 3.63) is 29.6 Å². The van der Waals surface area contributed by atoms with Gasteiger partial charge in [0.15, 0.2) is 0 Å². The fourth-order valence-electron chi connectivity index (χ4n) is 2.04. The molecule has 0 spiro atoms. The molecule has 1 aromatic heterocycles. The van der Waals surface area contributed by atoms with E-state index >= 15 is 0 Å². The molecule has 1 heterocycles. The van der Waals surface area contributed by atoms with Crippen molar-refractivity contribution in [1.29, 1.82) is 0 Å². The Morgan fingerprint density at radius 3 is 2.88 bits per heavy atom. The second kappa shape index (κ2) is 4.66. The molecule has 2 N–H and O–H groups in total. The summed E-state index contributed by atoms with van der Waals surface area (Å²) in [6.45, 7) is 2.10. The maximum Gasteiger partial charge on any atom is 0.251 e. The van der Waals surface area contributed by atoms with E-state index < -0.39 is 12.0 Å². The SMILES string of the molecule is Cc1ncccc1[C@@H](O)CNC1CC(F)(F)C1. The van der Waals surface area contributed by atoms with Crippen molar-refractivity contribution in [3.63, 3.8) is 0 Å². The average Bonchev–Trinajstić information content (AvgIpc) is 2.23. The van der Waals surface area contributed by atoms with Crippen LogP contribution < -0.4 is 5.32 Å². The van der Waals surface area contributed by atoms with Crippen molar-refractivity contribution in [2.45, 2.75) is 37.8 Å². The number of halogens is 2. The normalized spacial score (nSPS) is 20.9. The lowest BCUT2D eigenvalue weighted by Crippen LogP contribution is -2.49. The third-order valence-electron chi connectivity index (χ3n) is 3.10. The standard InChI is InChI=1S/C12H16F2N2O/c1-8-10(3-2-4-15-8)11(17)7-16-9-5-12(13,14)6-9/h2-4,9,11,16-17H,5-7H2,1H3/t11-/m0/s1. The van der Waals surface area contributed by atoms with Crippen molar-refractivity contribution >= 4 is 0 Å². The summed E-state index contributed by atoms with van der Waals surface area (Å²) < 4.78 is 25.2. The van der Waals surface area contributed by atoms with Gasteiger partial charge in [-0.05, 0) is 13.0 Å². The molecule has 0 bridgehead atoms. The fraction of sp³-hybridized carbons (Fsp3) is 0.583. The van der Waals surface area contributed by atoms with E-state index in [0.29, 0.717) is 0 Å². The van der Waals surface area contributed by atoms with Crippen LogP contribution in [0.15, 0.2) is 18.3 Å². The molecule has 2 rings (SSSR count). The first-order valence-corrected chi connectivity index (χ1v) is 5.69. The van der Waals surface area contributed by atoms with E-state index in [-0.39, 0.29) is 25.4 Å². The molecule has 94 valence electrons. The zero-order valence-corrected chi connectivity index (χ0v) is 9.66. The maximum atomic E-state index is 12.6. The Kier molecular flexibility index (Phi) is 3.40. The van der Waals surface area contributed by atoms with Gasteiger partial charge in [-0.1, -0.05) is 6.07 Å². The van der Waals surface area contributed by atoms with Crippen molar-refractivity contribution in [3.8, 4) is 0 Å². The Labute approximate surface area is 98.9 Å². The number of rotatable bonds is 4. The Bertz CT molecular complexity index is 390. The number of nitrogens with one attached hydrogen (secondary N) is 1. The van der Waals surface area contributed by atoms with Gasteiger partial charge >= 0.3 is 0 Å². The summed E-state index contributed by atoms with van der Waals surface area (Å²) in [5.74, 6) is -2.52. The summed E-state index contributed by atoms with van der Waals surface area (Å²) in [7, 11) is 0. The van der Waals surface area contributed by atoms with Crippen LogP contribution in [0.25, 0.3) is 0 Å². The summed E-state index contributed by atoms with van der Waals surface area (Å²) in [6.07, 6.45) is 0.695. The first-order chi connectivity index (χ1) is 7.98. The van der Waals surface area contributed by atoms with Crippen LogP contribution >= 0.6 is 0 Å². The molecule has 1 aromatic rings. The molecular weight excluding hydrogens is 226 g/mol. The van der Waals surface area contributed by atoms with Crippen molar-refractivity contribution < 1.29 is 13.9 Å². The fourth-order valence-corrected chi connectivity index (χ4v) is 2.04. The van der Waals surface area contributed by atoms with Crippen LogP contribution in [0.3, 0.4) is 0 Å². The minimum atomic E-state index is -2.52. The van der Waals surface area contributed by atoms with Crippen molar-refractivity contribution in [2.24, 2.45) is 0 Å². The van der Waals surface area contributed by atoms with E-state index in [9.17, 15) is 13.9 Å². The van der Waals surface area contributed by atoms with E-state index in [1.165, 1.54) is 0 Å². The minimum Gasteiger partial charge on any atom is -0.387 e. The second-order valence-electron chi connectivity index (χ2n) is 4.56. The second-order valence-corrected chi connectivity index (χ2v) is 4.56. The molecule has 5 heteroatoms. The van der Waals surface area contributed by atoms with Gasteiger partial charge < -0.3 is 10.4 Å². The number of alkyl halides is 2. The van der Waals surface area contributed by atoms with Gasteiger partial charge in [0.05, 0.1) is 6.10 Å². The quantitative estimate of drug-likeness (QED) is 0.846. The summed E-state index contributed by atoms with van der Waals surface area (Å²) >= 11 is 0. The first kappa shape index (κ1) is 12.4. The van der Waals surface area contributed by atoms with Crippen LogP contribution in [0.2, 0.25) is 0 Å². The van der Waals surface area contributed by atoms with Gasteiger partial charge in [0, 0.05) is 42.9 Å². The third kappa shape index (κ3) is 2.98. The summed E-state index contributed by atoms with van der Waals surface area (Å²) in [6, 6.07) is 3.37.